The molecule has 0 spiro atoms. The Bertz CT molecular complexity index is 314. The molecule has 1 rings (SSSR count). The maximum absolute atomic E-state index is 11.7. The molecule has 1 heterocycles. The summed E-state index contributed by atoms with van der Waals surface area (Å²) in [5.41, 5.74) is -0.823. The van der Waals surface area contributed by atoms with Crippen molar-refractivity contribution in [2.24, 2.45) is 11.3 Å². The largest absolute Gasteiger partial charge is 0.481 e. The number of carbonyl (C=O) groups is 2. The first-order valence-corrected chi connectivity index (χ1v) is 5.98. The Labute approximate surface area is 102 Å². The molecule has 0 saturated carbocycles. The van der Waals surface area contributed by atoms with Gasteiger partial charge >= 0.3 is 12.1 Å². The highest BCUT2D eigenvalue weighted by Gasteiger charge is 2.48. The minimum absolute atomic E-state index is 0.00292. The lowest BCUT2D eigenvalue weighted by Crippen LogP contribution is -2.41. The van der Waals surface area contributed by atoms with Crippen molar-refractivity contribution in [2.45, 2.75) is 40.2 Å². The number of rotatable bonds is 3. The van der Waals surface area contributed by atoms with E-state index in [2.05, 4.69) is 0 Å². The highest BCUT2D eigenvalue weighted by atomic mass is 16.6. The summed E-state index contributed by atoms with van der Waals surface area (Å²) >= 11 is 0. The van der Waals surface area contributed by atoms with E-state index in [-0.39, 0.29) is 18.6 Å². The van der Waals surface area contributed by atoms with Crippen LogP contribution < -0.4 is 0 Å². The molecule has 0 aromatic rings. The molecule has 0 aromatic heterocycles. The van der Waals surface area contributed by atoms with Crippen LogP contribution in [0.25, 0.3) is 0 Å². The molecular weight excluding hydrogens is 222 g/mol. The van der Waals surface area contributed by atoms with Gasteiger partial charge in [-0.25, -0.2) is 4.79 Å². The van der Waals surface area contributed by atoms with Crippen LogP contribution in [-0.2, 0) is 9.53 Å². The molecule has 1 unspecified atom stereocenters. The number of aliphatic carboxylic acids is 1. The van der Waals surface area contributed by atoms with Crippen LogP contribution in [0.4, 0.5) is 4.79 Å². The summed E-state index contributed by atoms with van der Waals surface area (Å²) in [7, 11) is 0. The van der Waals surface area contributed by atoms with Crippen LogP contribution in [0, 0.1) is 11.3 Å². The number of likely N-dealkylation sites (tertiary alicyclic amines) is 1. The number of carboxylic acid groups (broad SMARTS) is 1. The zero-order valence-electron chi connectivity index (χ0n) is 10.9. The van der Waals surface area contributed by atoms with Crippen LogP contribution in [0.2, 0.25) is 0 Å². The average Bonchev–Trinajstić information content (AvgIpc) is 2.61. The number of nitrogens with zero attached hydrogens (tertiary/aromatic N) is 1. The second-order valence-electron chi connectivity index (χ2n) is 5.22. The van der Waals surface area contributed by atoms with E-state index in [0.717, 1.165) is 0 Å². The molecule has 0 aliphatic carbocycles. The van der Waals surface area contributed by atoms with Crippen molar-refractivity contribution in [1.29, 1.82) is 0 Å². The lowest BCUT2D eigenvalue weighted by atomic mass is 9.76. The summed E-state index contributed by atoms with van der Waals surface area (Å²) in [6.07, 6.45) is -0.0992. The van der Waals surface area contributed by atoms with Gasteiger partial charge in [-0.2, -0.15) is 0 Å². The SMILES string of the molecule is CC(C)OC(=O)N1CCC(C(=O)O)(C(C)C)C1. The number of carbonyl (C=O) groups excluding carboxylic acids is 1. The van der Waals surface area contributed by atoms with Gasteiger partial charge < -0.3 is 14.7 Å². The number of hydrogen-bond donors (Lipinski definition) is 1. The number of carboxylic acids is 1. The molecule has 1 atom stereocenters. The smallest absolute Gasteiger partial charge is 0.410 e. The van der Waals surface area contributed by atoms with Gasteiger partial charge in [-0.1, -0.05) is 13.8 Å². The molecule has 0 aromatic carbocycles. The molecular formula is C12H21NO4. The van der Waals surface area contributed by atoms with Crippen molar-refractivity contribution in [2.75, 3.05) is 13.1 Å². The van der Waals surface area contributed by atoms with Gasteiger partial charge in [0.25, 0.3) is 0 Å². The van der Waals surface area contributed by atoms with E-state index in [1.54, 1.807) is 13.8 Å². The molecule has 1 amide bonds. The molecule has 98 valence electrons. The first-order chi connectivity index (χ1) is 7.79. The molecule has 1 saturated heterocycles. The normalized spacial score (nSPS) is 24.5. The molecule has 17 heavy (non-hydrogen) atoms. The summed E-state index contributed by atoms with van der Waals surface area (Å²) in [4.78, 5) is 24.6. The minimum Gasteiger partial charge on any atom is -0.481 e. The summed E-state index contributed by atoms with van der Waals surface area (Å²) in [5.74, 6) is -0.829. The zero-order chi connectivity index (χ0) is 13.2. The van der Waals surface area contributed by atoms with Crippen LogP contribution >= 0.6 is 0 Å². The molecule has 0 bridgehead atoms. The van der Waals surface area contributed by atoms with E-state index in [0.29, 0.717) is 13.0 Å². The lowest BCUT2D eigenvalue weighted by Gasteiger charge is -2.28. The van der Waals surface area contributed by atoms with Crippen molar-refractivity contribution >= 4 is 12.1 Å². The van der Waals surface area contributed by atoms with E-state index in [4.69, 9.17) is 4.74 Å². The van der Waals surface area contributed by atoms with Crippen LogP contribution in [0.15, 0.2) is 0 Å². The fourth-order valence-corrected chi connectivity index (χ4v) is 2.16. The second-order valence-corrected chi connectivity index (χ2v) is 5.22. The maximum Gasteiger partial charge on any atom is 0.410 e. The van der Waals surface area contributed by atoms with Gasteiger partial charge in [0.15, 0.2) is 0 Å². The van der Waals surface area contributed by atoms with Gasteiger partial charge in [-0.3, -0.25) is 4.79 Å². The molecule has 5 heteroatoms. The third-order valence-electron chi connectivity index (χ3n) is 3.43. The van der Waals surface area contributed by atoms with E-state index < -0.39 is 17.5 Å². The van der Waals surface area contributed by atoms with Gasteiger partial charge in [-0.15, -0.1) is 0 Å². The molecule has 5 nitrogen and oxygen atoms in total. The molecule has 0 radical (unpaired) electrons. The van der Waals surface area contributed by atoms with Gasteiger partial charge in [0, 0.05) is 13.1 Å². The summed E-state index contributed by atoms with van der Waals surface area (Å²) in [6, 6.07) is 0. The Morgan fingerprint density at radius 1 is 1.29 bits per heavy atom. The molecule has 1 N–H and O–H groups in total. The summed E-state index contributed by atoms with van der Waals surface area (Å²) < 4.78 is 5.08. The van der Waals surface area contributed by atoms with E-state index in [1.807, 2.05) is 13.8 Å². The van der Waals surface area contributed by atoms with Crippen LogP contribution in [0.3, 0.4) is 0 Å². The van der Waals surface area contributed by atoms with Crippen LogP contribution in [-0.4, -0.2) is 41.3 Å². The Balaban J connectivity index is 2.73. The Kier molecular flexibility index (Phi) is 4.01. The van der Waals surface area contributed by atoms with Crippen LogP contribution in [0.5, 0.6) is 0 Å². The Hall–Kier alpha value is -1.26. The number of amides is 1. The van der Waals surface area contributed by atoms with E-state index >= 15 is 0 Å². The standard InChI is InChI=1S/C12H21NO4/c1-8(2)12(10(14)15)5-6-13(7-12)11(16)17-9(3)4/h8-9H,5-7H2,1-4H3,(H,14,15). The van der Waals surface area contributed by atoms with Gasteiger partial charge in [0.2, 0.25) is 0 Å². The van der Waals surface area contributed by atoms with Crippen molar-refractivity contribution in [1.82, 2.24) is 4.90 Å². The first kappa shape index (κ1) is 13.8. The first-order valence-electron chi connectivity index (χ1n) is 5.98. The number of hydrogen-bond acceptors (Lipinski definition) is 3. The van der Waals surface area contributed by atoms with Gasteiger partial charge in [0.05, 0.1) is 11.5 Å². The van der Waals surface area contributed by atoms with Crippen LogP contribution in [0.1, 0.15) is 34.1 Å². The summed E-state index contributed by atoms with van der Waals surface area (Å²) in [5, 5.41) is 9.34. The molecule has 1 aliphatic rings. The minimum atomic E-state index is -0.827. The maximum atomic E-state index is 11.7. The quantitative estimate of drug-likeness (QED) is 0.822. The van der Waals surface area contributed by atoms with Crippen molar-refractivity contribution in [3.63, 3.8) is 0 Å². The van der Waals surface area contributed by atoms with Gasteiger partial charge in [0.1, 0.15) is 0 Å². The van der Waals surface area contributed by atoms with Crippen molar-refractivity contribution < 1.29 is 19.4 Å². The molecule has 1 aliphatic heterocycles. The van der Waals surface area contributed by atoms with Crippen molar-refractivity contribution in [3.05, 3.63) is 0 Å². The predicted octanol–water partition coefficient (Wildman–Crippen LogP) is 1.96. The third kappa shape index (κ3) is 2.70. The fourth-order valence-electron chi connectivity index (χ4n) is 2.16. The average molecular weight is 243 g/mol. The fraction of sp³-hybridized carbons (Fsp3) is 0.833. The predicted molar refractivity (Wildman–Crippen MR) is 62.7 cm³/mol. The highest BCUT2D eigenvalue weighted by Crippen LogP contribution is 2.38. The van der Waals surface area contributed by atoms with E-state index in [1.165, 1.54) is 4.90 Å². The Morgan fingerprint density at radius 3 is 2.24 bits per heavy atom. The Morgan fingerprint density at radius 2 is 1.88 bits per heavy atom. The molecule has 1 fully saturated rings. The highest BCUT2D eigenvalue weighted by molar-refractivity contribution is 5.78. The summed E-state index contributed by atoms with van der Waals surface area (Å²) in [6.45, 7) is 8.01. The van der Waals surface area contributed by atoms with Gasteiger partial charge in [-0.05, 0) is 26.2 Å². The van der Waals surface area contributed by atoms with Crippen molar-refractivity contribution in [3.8, 4) is 0 Å². The second kappa shape index (κ2) is 4.94. The number of ether oxygens (including phenoxy) is 1. The third-order valence-corrected chi connectivity index (χ3v) is 3.43. The monoisotopic (exact) mass is 243 g/mol. The van der Waals surface area contributed by atoms with E-state index in [9.17, 15) is 14.7 Å². The lowest BCUT2D eigenvalue weighted by molar-refractivity contribution is -0.150. The topological polar surface area (TPSA) is 66.8 Å². The zero-order valence-corrected chi connectivity index (χ0v) is 10.9.